The van der Waals surface area contributed by atoms with E-state index in [1.807, 2.05) is 64.5 Å². The first kappa shape index (κ1) is 24.0. The Bertz CT molecular complexity index is 1180. The number of hydrogen-bond donors (Lipinski definition) is 1. The van der Waals surface area contributed by atoms with Crippen molar-refractivity contribution >= 4 is 29.0 Å². The third-order valence-electron chi connectivity index (χ3n) is 5.01. The van der Waals surface area contributed by atoms with E-state index < -0.39 is 0 Å². The summed E-state index contributed by atoms with van der Waals surface area (Å²) in [6.45, 7) is 1.87. The van der Waals surface area contributed by atoms with E-state index in [1.165, 1.54) is 11.8 Å². The number of aromatic nitrogens is 3. The van der Waals surface area contributed by atoms with Gasteiger partial charge in [0.05, 0.1) is 18.9 Å². The molecule has 1 N–H and O–H groups in total. The summed E-state index contributed by atoms with van der Waals surface area (Å²) in [4.78, 5) is 13.4. The minimum atomic E-state index is -0.0470. The number of para-hydroxylation sites is 1. The topological polar surface area (TPSA) is 78.3 Å². The lowest BCUT2D eigenvalue weighted by atomic mass is 10.1. The molecule has 0 radical (unpaired) electrons. The molecule has 0 spiro atoms. The van der Waals surface area contributed by atoms with Gasteiger partial charge >= 0.3 is 0 Å². The molecule has 0 bridgehead atoms. The molecule has 2 aromatic carbocycles. The van der Waals surface area contributed by atoms with Crippen molar-refractivity contribution in [3.8, 4) is 16.9 Å². The molecule has 0 unspecified atom stereocenters. The first-order valence-corrected chi connectivity index (χ1v) is 12.7. The van der Waals surface area contributed by atoms with Crippen molar-refractivity contribution in [3.05, 3.63) is 82.8 Å². The summed E-state index contributed by atoms with van der Waals surface area (Å²) in [5.41, 5.74) is 2.10. The SMILES string of the molecule is COCCn1c(COc2ccccc2-c2ccccc2)nnc1SCC(=O)NCc1cccs1. The molecule has 9 heteroatoms. The van der Waals surface area contributed by atoms with Gasteiger partial charge in [0.15, 0.2) is 11.0 Å². The van der Waals surface area contributed by atoms with Crippen LogP contribution < -0.4 is 10.1 Å². The van der Waals surface area contributed by atoms with Crippen LogP contribution >= 0.6 is 23.1 Å². The van der Waals surface area contributed by atoms with Crippen LogP contribution in [-0.2, 0) is 29.2 Å². The van der Waals surface area contributed by atoms with E-state index in [1.54, 1.807) is 18.4 Å². The van der Waals surface area contributed by atoms with Crippen LogP contribution in [0, 0.1) is 0 Å². The molecule has 34 heavy (non-hydrogen) atoms. The van der Waals surface area contributed by atoms with Crippen LogP contribution in [0.5, 0.6) is 5.75 Å². The minimum absolute atomic E-state index is 0.0470. The van der Waals surface area contributed by atoms with Gasteiger partial charge in [0.1, 0.15) is 12.4 Å². The third-order valence-corrected chi connectivity index (χ3v) is 6.86. The summed E-state index contributed by atoms with van der Waals surface area (Å²) in [6.07, 6.45) is 0. The molecule has 0 atom stereocenters. The van der Waals surface area contributed by atoms with E-state index in [4.69, 9.17) is 9.47 Å². The summed E-state index contributed by atoms with van der Waals surface area (Å²) < 4.78 is 13.4. The van der Waals surface area contributed by atoms with E-state index in [0.717, 1.165) is 21.8 Å². The minimum Gasteiger partial charge on any atom is -0.485 e. The van der Waals surface area contributed by atoms with Crippen LogP contribution in [0.25, 0.3) is 11.1 Å². The third kappa shape index (κ3) is 6.47. The van der Waals surface area contributed by atoms with Crippen molar-refractivity contribution in [1.29, 1.82) is 0 Å². The highest BCUT2D eigenvalue weighted by molar-refractivity contribution is 7.99. The number of rotatable bonds is 12. The zero-order valence-corrected chi connectivity index (χ0v) is 20.5. The van der Waals surface area contributed by atoms with E-state index in [-0.39, 0.29) is 18.3 Å². The summed E-state index contributed by atoms with van der Waals surface area (Å²) in [6, 6.07) is 22.0. The van der Waals surface area contributed by atoms with Gasteiger partial charge in [-0.2, -0.15) is 0 Å². The van der Waals surface area contributed by atoms with Crippen molar-refractivity contribution in [2.24, 2.45) is 0 Å². The fraction of sp³-hybridized carbons (Fsp3) is 0.240. The number of carbonyl (C=O) groups excluding carboxylic acids is 1. The Labute approximate surface area is 207 Å². The fourth-order valence-corrected chi connectivity index (χ4v) is 4.77. The molecule has 0 aliphatic rings. The Morgan fingerprint density at radius 3 is 2.68 bits per heavy atom. The van der Waals surface area contributed by atoms with Crippen molar-refractivity contribution in [1.82, 2.24) is 20.1 Å². The molecule has 4 aromatic rings. The first-order chi connectivity index (χ1) is 16.7. The van der Waals surface area contributed by atoms with Gasteiger partial charge in [-0.15, -0.1) is 21.5 Å². The molecule has 0 saturated carbocycles. The molecule has 0 aliphatic carbocycles. The number of ether oxygens (including phenoxy) is 2. The number of carbonyl (C=O) groups is 1. The molecule has 1 amide bonds. The van der Waals surface area contributed by atoms with Crippen LogP contribution in [0.1, 0.15) is 10.7 Å². The summed E-state index contributed by atoms with van der Waals surface area (Å²) in [5, 5.41) is 14.2. The molecule has 0 saturated heterocycles. The van der Waals surface area contributed by atoms with E-state index >= 15 is 0 Å². The van der Waals surface area contributed by atoms with Gasteiger partial charge in [-0.3, -0.25) is 4.79 Å². The quantitative estimate of drug-likeness (QED) is 0.289. The zero-order chi connectivity index (χ0) is 23.6. The Morgan fingerprint density at radius 1 is 1.06 bits per heavy atom. The van der Waals surface area contributed by atoms with Crippen LogP contribution in [0.4, 0.5) is 0 Å². The van der Waals surface area contributed by atoms with Crippen LogP contribution in [-0.4, -0.2) is 40.1 Å². The van der Waals surface area contributed by atoms with Gasteiger partial charge in [0.2, 0.25) is 5.91 Å². The lowest BCUT2D eigenvalue weighted by Gasteiger charge is -2.13. The molecule has 2 heterocycles. The largest absolute Gasteiger partial charge is 0.485 e. The lowest BCUT2D eigenvalue weighted by molar-refractivity contribution is -0.118. The predicted molar refractivity (Wildman–Crippen MR) is 135 cm³/mol. The maximum atomic E-state index is 12.3. The summed E-state index contributed by atoms with van der Waals surface area (Å²) in [7, 11) is 1.65. The van der Waals surface area contributed by atoms with Crippen LogP contribution in [0.2, 0.25) is 0 Å². The second kappa shape index (κ2) is 12.4. The number of nitrogens with zero attached hydrogens (tertiary/aromatic N) is 3. The molecular weight excluding hydrogens is 468 g/mol. The van der Waals surface area contributed by atoms with Crippen molar-refractivity contribution in [2.75, 3.05) is 19.5 Å². The normalized spacial score (nSPS) is 10.9. The fourth-order valence-electron chi connectivity index (χ4n) is 3.31. The number of thiophene rings is 1. The van der Waals surface area contributed by atoms with Crippen LogP contribution in [0.15, 0.2) is 77.3 Å². The predicted octanol–water partition coefficient (Wildman–Crippen LogP) is 4.64. The molecule has 176 valence electrons. The maximum Gasteiger partial charge on any atom is 0.230 e. The number of thioether (sulfide) groups is 1. The number of amides is 1. The first-order valence-electron chi connectivity index (χ1n) is 10.8. The molecule has 0 fully saturated rings. The number of hydrogen-bond acceptors (Lipinski definition) is 7. The summed E-state index contributed by atoms with van der Waals surface area (Å²) in [5.74, 6) is 1.67. The zero-order valence-electron chi connectivity index (χ0n) is 18.8. The van der Waals surface area contributed by atoms with Crippen molar-refractivity contribution in [3.63, 3.8) is 0 Å². The Balaban J connectivity index is 1.41. The highest BCUT2D eigenvalue weighted by Gasteiger charge is 2.16. The van der Waals surface area contributed by atoms with Gasteiger partial charge in [-0.1, -0.05) is 66.4 Å². The second-order valence-electron chi connectivity index (χ2n) is 7.34. The standard InChI is InChI=1S/C25H26N4O3S2/c1-31-14-13-29-23(17-32-22-12-6-5-11-21(22)19-8-3-2-4-9-19)27-28-25(29)34-18-24(30)26-16-20-10-7-15-33-20/h2-12,15H,13-14,16-18H2,1H3,(H,26,30). The average Bonchev–Trinajstić information content (AvgIpc) is 3.54. The van der Waals surface area contributed by atoms with E-state index in [0.29, 0.717) is 30.7 Å². The second-order valence-corrected chi connectivity index (χ2v) is 9.31. The van der Waals surface area contributed by atoms with Gasteiger partial charge in [0, 0.05) is 24.1 Å². The highest BCUT2D eigenvalue weighted by Crippen LogP contribution is 2.30. The number of methoxy groups -OCH3 is 1. The van der Waals surface area contributed by atoms with Crippen LogP contribution in [0.3, 0.4) is 0 Å². The Kier molecular flexibility index (Phi) is 8.72. The molecule has 4 rings (SSSR count). The molecule has 2 aromatic heterocycles. The monoisotopic (exact) mass is 494 g/mol. The average molecular weight is 495 g/mol. The van der Waals surface area contributed by atoms with E-state index in [2.05, 4.69) is 27.6 Å². The smallest absolute Gasteiger partial charge is 0.230 e. The van der Waals surface area contributed by atoms with Gasteiger partial charge in [-0.25, -0.2) is 0 Å². The number of benzene rings is 2. The van der Waals surface area contributed by atoms with Gasteiger partial charge in [-0.05, 0) is 23.1 Å². The van der Waals surface area contributed by atoms with E-state index in [9.17, 15) is 4.79 Å². The maximum absolute atomic E-state index is 12.3. The van der Waals surface area contributed by atoms with Crippen molar-refractivity contribution < 1.29 is 14.3 Å². The molecular formula is C25H26N4O3S2. The van der Waals surface area contributed by atoms with Crippen molar-refractivity contribution in [2.45, 2.75) is 24.9 Å². The Morgan fingerprint density at radius 2 is 1.88 bits per heavy atom. The number of nitrogens with one attached hydrogen (secondary N) is 1. The van der Waals surface area contributed by atoms with Gasteiger partial charge < -0.3 is 19.4 Å². The molecule has 0 aliphatic heterocycles. The molecule has 7 nitrogen and oxygen atoms in total. The highest BCUT2D eigenvalue weighted by atomic mass is 32.2. The lowest BCUT2D eigenvalue weighted by Crippen LogP contribution is -2.24. The Hall–Kier alpha value is -3.14. The summed E-state index contributed by atoms with van der Waals surface area (Å²) >= 11 is 2.98. The van der Waals surface area contributed by atoms with Gasteiger partial charge in [0.25, 0.3) is 0 Å².